The van der Waals surface area contributed by atoms with Crippen molar-refractivity contribution in [2.75, 3.05) is 6.54 Å². The van der Waals surface area contributed by atoms with E-state index >= 15 is 0 Å². The Labute approximate surface area is 122 Å². The Kier molecular flexibility index (Phi) is 4.48. The number of benzene rings is 1. The number of piperidine rings is 1. The quantitative estimate of drug-likeness (QED) is 0.870. The first-order valence-corrected chi connectivity index (χ1v) is 7.51. The molecule has 1 aliphatic rings. The van der Waals surface area contributed by atoms with Crippen LogP contribution in [0.15, 0.2) is 24.3 Å². The van der Waals surface area contributed by atoms with E-state index in [2.05, 4.69) is 50.5 Å². The number of carbonyl (C=O) groups excluding carboxylic acids is 1. The lowest BCUT2D eigenvalue weighted by Crippen LogP contribution is -2.48. The minimum atomic E-state index is 0.0341. The molecule has 20 heavy (non-hydrogen) atoms. The van der Waals surface area contributed by atoms with Crippen LogP contribution in [0.4, 0.5) is 0 Å². The number of carbonyl (C=O) groups is 1. The zero-order valence-electron chi connectivity index (χ0n) is 13.0. The van der Waals surface area contributed by atoms with E-state index in [4.69, 9.17) is 0 Å². The number of amides is 1. The van der Waals surface area contributed by atoms with Crippen molar-refractivity contribution in [3.63, 3.8) is 0 Å². The van der Waals surface area contributed by atoms with Crippen molar-refractivity contribution in [2.45, 2.75) is 58.0 Å². The Balaban J connectivity index is 1.96. The highest BCUT2D eigenvalue weighted by Gasteiger charge is 2.20. The number of hydrogen-bond acceptors (Lipinski definition) is 2. The first kappa shape index (κ1) is 15.0. The van der Waals surface area contributed by atoms with Gasteiger partial charge in [0, 0.05) is 24.2 Å². The summed E-state index contributed by atoms with van der Waals surface area (Å²) in [6, 6.07) is 8.77. The van der Waals surface area contributed by atoms with Crippen molar-refractivity contribution in [3.05, 3.63) is 35.4 Å². The molecule has 2 unspecified atom stereocenters. The van der Waals surface area contributed by atoms with Gasteiger partial charge in [-0.1, -0.05) is 32.9 Å². The summed E-state index contributed by atoms with van der Waals surface area (Å²) in [7, 11) is 0. The van der Waals surface area contributed by atoms with Crippen LogP contribution in [0.5, 0.6) is 0 Å². The molecule has 1 amide bonds. The second-order valence-corrected chi connectivity index (χ2v) is 6.88. The van der Waals surface area contributed by atoms with Gasteiger partial charge in [-0.3, -0.25) is 4.79 Å². The molecule has 3 heteroatoms. The molecule has 1 aliphatic heterocycles. The third kappa shape index (κ3) is 3.83. The van der Waals surface area contributed by atoms with E-state index in [9.17, 15) is 4.79 Å². The van der Waals surface area contributed by atoms with E-state index in [1.54, 1.807) is 0 Å². The van der Waals surface area contributed by atoms with Crippen LogP contribution in [-0.2, 0) is 5.41 Å². The van der Waals surface area contributed by atoms with Gasteiger partial charge < -0.3 is 10.6 Å². The maximum Gasteiger partial charge on any atom is 0.251 e. The Morgan fingerprint density at radius 2 is 1.85 bits per heavy atom. The number of hydrogen-bond donors (Lipinski definition) is 2. The molecule has 1 aromatic carbocycles. The number of nitrogens with one attached hydrogen (secondary N) is 2. The highest BCUT2D eigenvalue weighted by Crippen LogP contribution is 2.22. The van der Waals surface area contributed by atoms with Gasteiger partial charge in [0.15, 0.2) is 0 Å². The molecule has 3 nitrogen and oxygen atoms in total. The molecule has 2 N–H and O–H groups in total. The minimum Gasteiger partial charge on any atom is -0.348 e. The first-order valence-electron chi connectivity index (χ1n) is 7.51. The van der Waals surface area contributed by atoms with Gasteiger partial charge in [0.1, 0.15) is 0 Å². The van der Waals surface area contributed by atoms with Crippen LogP contribution in [0.3, 0.4) is 0 Å². The normalized spacial score (nSPS) is 23.4. The second kappa shape index (κ2) is 5.96. The molecule has 0 saturated carbocycles. The summed E-state index contributed by atoms with van der Waals surface area (Å²) in [5, 5.41) is 6.52. The van der Waals surface area contributed by atoms with Crippen LogP contribution in [0, 0.1) is 0 Å². The van der Waals surface area contributed by atoms with Crippen molar-refractivity contribution in [3.8, 4) is 0 Å². The van der Waals surface area contributed by atoms with Gasteiger partial charge in [0.2, 0.25) is 0 Å². The van der Waals surface area contributed by atoms with Crippen LogP contribution in [0.1, 0.15) is 56.5 Å². The van der Waals surface area contributed by atoms with Crippen molar-refractivity contribution in [2.24, 2.45) is 0 Å². The Morgan fingerprint density at radius 3 is 2.35 bits per heavy atom. The Bertz CT molecular complexity index is 451. The topological polar surface area (TPSA) is 41.1 Å². The lowest BCUT2D eigenvalue weighted by atomic mass is 9.86. The van der Waals surface area contributed by atoms with Crippen molar-refractivity contribution < 1.29 is 4.79 Å². The summed E-state index contributed by atoms with van der Waals surface area (Å²) in [5.41, 5.74) is 2.12. The molecule has 2 atom stereocenters. The van der Waals surface area contributed by atoms with Gasteiger partial charge in [-0.05, 0) is 42.9 Å². The predicted octanol–water partition coefficient (Wildman–Crippen LogP) is 2.85. The van der Waals surface area contributed by atoms with Crippen molar-refractivity contribution in [1.29, 1.82) is 0 Å². The van der Waals surface area contributed by atoms with Crippen LogP contribution >= 0.6 is 0 Å². The second-order valence-electron chi connectivity index (χ2n) is 6.88. The SMILES string of the molecule is CC1CCC(NC(=O)c2ccc(C(C)(C)C)cc2)CN1. The van der Waals surface area contributed by atoms with Gasteiger partial charge >= 0.3 is 0 Å². The van der Waals surface area contributed by atoms with E-state index in [0.717, 1.165) is 24.9 Å². The predicted molar refractivity (Wildman–Crippen MR) is 83.1 cm³/mol. The third-order valence-electron chi connectivity index (χ3n) is 4.01. The zero-order chi connectivity index (χ0) is 14.8. The average Bonchev–Trinajstić information content (AvgIpc) is 2.40. The summed E-state index contributed by atoms with van der Waals surface area (Å²) < 4.78 is 0. The number of rotatable bonds is 2. The monoisotopic (exact) mass is 274 g/mol. The minimum absolute atomic E-state index is 0.0341. The summed E-state index contributed by atoms with van der Waals surface area (Å²) in [4.78, 5) is 12.2. The molecular weight excluding hydrogens is 248 g/mol. The molecule has 0 aromatic heterocycles. The Hall–Kier alpha value is -1.35. The maximum atomic E-state index is 12.2. The maximum absolute atomic E-state index is 12.2. The molecular formula is C17H26N2O. The van der Waals surface area contributed by atoms with E-state index in [0.29, 0.717) is 6.04 Å². The van der Waals surface area contributed by atoms with E-state index in [1.165, 1.54) is 5.56 Å². The molecule has 1 aromatic rings. The van der Waals surface area contributed by atoms with Gasteiger partial charge in [-0.15, -0.1) is 0 Å². The third-order valence-corrected chi connectivity index (χ3v) is 4.01. The van der Waals surface area contributed by atoms with Crippen LogP contribution in [-0.4, -0.2) is 24.5 Å². The van der Waals surface area contributed by atoms with Crippen LogP contribution < -0.4 is 10.6 Å². The van der Waals surface area contributed by atoms with E-state index < -0.39 is 0 Å². The van der Waals surface area contributed by atoms with E-state index in [-0.39, 0.29) is 17.4 Å². The van der Waals surface area contributed by atoms with Gasteiger partial charge in [0.05, 0.1) is 0 Å². The molecule has 0 radical (unpaired) electrons. The Morgan fingerprint density at radius 1 is 1.20 bits per heavy atom. The van der Waals surface area contributed by atoms with E-state index in [1.807, 2.05) is 12.1 Å². The largest absolute Gasteiger partial charge is 0.348 e. The zero-order valence-corrected chi connectivity index (χ0v) is 13.0. The molecule has 2 rings (SSSR count). The fraction of sp³-hybridized carbons (Fsp3) is 0.588. The summed E-state index contributed by atoms with van der Waals surface area (Å²) in [6.07, 6.45) is 2.17. The molecule has 1 heterocycles. The summed E-state index contributed by atoms with van der Waals surface area (Å²) in [5.74, 6) is 0.0341. The standard InChI is InChI=1S/C17H26N2O/c1-12-5-10-15(11-18-12)19-16(20)13-6-8-14(9-7-13)17(2,3)4/h6-9,12,15,18H,5,10-11H2,1-4H3,(H,19,20). The summed E-state index contributed by atoms with van der Waals surface area (Å²) in [6.45, 7) is 9.58. The molecule has 0 spiro atoms. The van der Waals surface area contributed by atoms with Crippen LogP contribution in [0.2, 0.25) is 0 Å². The fourth-order valence-electron chi connectivity index (χ4n) is 2.51. The smallest absolute Gasteiger partial charge is 0.251 e. The average molecular weight is 274 g/mol. The van der Waals surface area contributed by atoms with Crippen LogP contribution in [0.25, 0.3) is 0 Å². The van der Waals surface area contributed by atoms with Gasteiger partial charge in [0.25, 0.3) is 5.91 Å². The molecule has 0 bridgehead atoms. The molecule has 1 fully saturated rings. The summed E-state index contributed by atoms with van der Waals surface area (Å²) >= 11 is 0. The van der Waals surface area contributed by atoms with Gasteiger partial charge in [-0.25, -0.2) is 0 Å². The molecule has 0 aliphatic carbocycles. The van der Waals surface area contributed by atoms with Gasteiger partial charge in [-0.2, -0.15) is 0 Å². The molecule has 110 valence electrons. The fourth-order valence-corrected chi connectivity index (χ4v) is 2.51. The van der Waals surface area contributed by atoms with Crippen molar-refractivity contribution >= 4 is 5.91 Å². The highest BCUT2D eigenvalue weighted by atomic mass is 16.1. The van der Waals surface area contributed by atoms with Crippen molar-refractivity contribution in [1.82, 2.24) is 10.6 Å². The lowest BCUT2D eigenvalue weighted by Gasteiger charge is -2.28. The first-order chi connectivity index (χ1) is 9.36. The lowest BCUT2D eigenvalue weighted by molar-refractivity contribution is 0.0927. The molecule has 1 saturated heterocycles. The highest BCUT2D eigenvalue weighted by molar-refractivity contribution is 5.94.